The number of aryl methyl sites for hydroxylation is 2. The van der Waals surface area contributed by atoms with Crippen LogP contribution in [0.3, 0.4) is 0 Å². The van der Waals surface area contributed by atoms with E-state index in [4.69, 9.17) is 0 Å². The Morgan fingerprint density at radius 1 is 1.24 bits per heavy atom. The van der Waals surface area contributed by atoms with E-state index in [1.165, 1.54) is 35.6 Å². The molecule has 2 rings (SSSR count). The molecular formula is C14H12F3NO2S. The van der Waals surface area contributed by atoms with Crippen molar-refractivity contribution < 1.29 is 22.7 Å². The van der Waals surface area contributed by atoms with E-state index in [2.05, 4.69) is 9.72 Å². The van der Waals surface area contributed by atoms with E-state index in [1.807, 2.05) is 6.92 Å². The summed E-state index contributed by atoms with van der Waals surface area (Å²) in [5.74, 6) is -0.397. The molecule has 21 heavy (non-hydrogen) atoms. The molecule has 0 atom stereocenters. The third kappa shape index (κ3) is 4.29. The second kappa shape index (κ2) is 5.85. The number of thiazole rings is 1. The van der Waals surface area contributed by atoms with Gasteiger partial charge in [0.15, 0.2) is 5.78 Å². The van der Waals surface area contributed by atoms with E-state index in [1.54, 1.807) is 6.92 Å². The summed E-state index contributed by atoms with van der Waals surface area (Å²) in [5.41, 5.74) is 1.31. The standard InChI is InChI=1S/C14H12F3NO2S/c1-8-13(21-9(2)18-8)12(19)7-10-3-5-11(6-4-10)20-14(15,16)17/h3-6H,7H2,1-2H3. The van der Waals surface area contributed by atoms with E-state index in [0.29, 0.717) is 16.1 Å². The van der Waals surface area contributed by atoms with Crippen LogP contribution in [0.4, 0.5) is 13.2 Å². The number of nitrogens with zero attached hydrogens (tertiary/aromatic N) is 1. The van der Waals surface area contributed by atoms with Gasteiger partial charge in [-0.1, -0.05) is 12.1 Å². The Kier molecular flexibility index (Phi) is 4.32. The molecule has 0 aliphatic rings. The summed E-state index contributed by atoms with van der Waals surface area (Å²) in [7, 11) is 0. The van der Waals surface area contributed by atoms with Crippen molar-refractivity contribution in [2.45, 2.75) is 26.6 Å². The lowest BCUT2D eigenvalue weighted by molar-refractivity contribution is -0.274. The van der Waals surface area contributed by atoms with E-state index in [0.717, 1.165) is 5.01 Å². The molecule has 0 saturated carbocycles. The second-order valence-corrected chi connectivity index (χ2v) is 5.64. The number of carbonyl (C=O) groups excluding carboxylic acids is 1. The number of aromatic nitrogens is 1. The number of carbonyl (C=O) groups is 1. The van der Waals surface area contributed by atoms with Crippen LogP contribution in [-0.2, 0) is 6.42 Å². The van der Waals surface area contributed by atoms with Gasteiger partial charge in [-0.15, -0.1) is 24.5 Å². The van der Waals surface area contributed by atoms with Crippen LogP contribution in [0.2, 0.25) is 0 Å². The van der Waals surface area contributed by atoms with E-state index in [9.17, 15) is 18.0 Å². The van der Waals surface area contributed by atoms with Gasteiger partial charge in [0.05, 0.1) is 15.6 Å². The molecular weight excluding hydrogens is 303 g/mol. The van der Waals surface area contributed by atoms with Crippen LogP contribution in [0.1, 0.15) is 25.9 Å². The Morgan fingerprint density at radius 2 is 1.86 bits per heavy atom. The minimum absolute atomic E-state index is 0.0948. The van der Waals surface area contributed by atoms with E-state index >= 15 is 0 Å². The number of hydrogen-bond donors (Lipinski definition) is 0. The first-order chi connectivity index (χ1) is 9.74. The molecule has 1 heterocycles. The molecule has 0 amide bonds. The highest BCUT2D eigenvalue weighted by Gasteiger charge is 2.30. The third-order valence-electron chi connectivity index (χ3n) is 2.68. The zero-order valence-corrected chi connectivity index (χ0v) is 12.1. The van der Waals surface area contributed by atoms with Gasteiger partial charge >= 0.3 is 6.36 Å². The minimum atomic E-state index is -4.71. The molecule has 0 saturated heterocycles. The molecule has 0 aliphatic heterocycles. The maximum Gasteiger partial charge on any atom is 0.573 e. The fourth-order valence-electron chi connectivity index (χ4n) is 1.86. The molecule has 0 bridgehead atoms. The number of rotatable bonds is 4. The third-order valence-corrected chi connectivity index (χ3v) is 3.79. The van der Waals surface area contributed by atoms with Gasteiger partial charge in [-0.2, -0.15) is 0 Å². The smallest absolute Gasteiger partial charge is 0.406 e. The number of Topliss-reactive ketones (excluding diaryl/α,β-unsaturated/α-hetero) is 1. The summed E-state index contributed by atoms with van der Waals surface area (Å²) >= 11 is 1.32. The predicted octanol–water partition coefficient (Wildman–Crippen LogP) is 4.08. The highest BCUT2D eigenvalue weighted by atomic mass is 32.1. The van der Waals surface area contributed by atoms with Crippen molar-refractivity contribution in [1.82, 2.24) is 4.98 Å². The molecule has 3 nitrogen and oxygen atoms in total. The molecule has 0 radical (unpaired) electrons. The van der Waals surface area contributed by atoms with E-state index < -0.39 is 6.36 Å². The Balaban J connectivity index is 2.07. The second-order valence-electron chi connectivity index (χ2n) is 4.44. The Labute approximate surface area is 123 Å². The fourth-order valence-corrected chi connectivity index (χ4v) is 2.72. The number of halogens is 3. The molecule has 112 valence electrons. The lowest BCUT2D eigenvalue weighted by Gasteiger charge is -2.09. The number of ketones is 1. The van der Waals surface area contributed by atoms with Crippen LogP contribution in [-0.4, -0.2) is 17.1 Å². The molecule has 0 spiro atoms. The Morgan fingerprint density at radius 3 is 2.33 bits per heavy atom. The van der Waals surface area contributed by atoms with Crippen molar-refractivity contribution in [2.24, 2.45) is 0 Å². The van der Waals surface area contributed by atoms with Crippen LogP contribution < -0.4 is 4.74 Å². The predicted molar refractivity (Wildman–Crippen MR) is 72.7 cm³/mol. The molecule has 0 aliphatic carbocycles. The molecule has 1 aromatic heterocycles. The number of alkyl halides is 3. The van der Waals surface area contributed by atoms with Gasteiger partial charge in [0.2, 0.25) is 0 Å². The first kappa shape index (κ1) is 15.5. The van der Waals surface area contributed by atoms with Crippen molar-refractivity contribution in [3.63, 3.8) is 0 Å². The summed E-state index contributed by atoms with van der Waals surface area (Å²) in [5, 5.41) is 0.810. The lowest BCUT2D eigenvalue weighted by atomic mass is 10.1. The molecule has 1 aromatic carbocycles. The Hall–Kier alpha value is -1.89. The van der Waals surface area contributed by atoms with E-state index in [-0.39, 0.29) is 18.0 Å². The maximum absolute atomic E-state index is 12.1. The van der Waals surface area contributed by atoms with Crippen LogP contribution in [0, 0.1) is 13.8 Å². The molecule has 0 unspecified atom stereocenters. The average Bonchev–Trinajstić information content (AvgIpc) is 2.69. The summed E-state index contributed by atoms with van der Waals surface area (Å²) in [6.45, 7) is 3.58. The van der Waals surface area contributed by atoms with Crippen molar-refractivity contribution in [1.29, 1.82) is 0 Å². The highest BCUT2D eigenvalue weighted by molar-refractivity contribution is 7.13. The Bertz CT molecular complexity index is 647. The van der Waals surface area contributed by atoms with Crippen molar-refractivity contribution in [2.75, 3.05) is 0 Å². The lowest BCUT2D eigenvalue weighted by Crippen LogP contribution is -2.17. The molecule has 2 aromatic rings. The SMILES string of the molecule is Cc1nc(C)c(C(=O)Cc2ccc(OC(F)(F)F)cc2)s1. The zero-order valence-electron chi connectivity index (χ0n) is 11.3. The highest BCUT2D eigenvalue weighted by Crippen LogP contribution is 2.24. The monoisotopic (exact) mass is 315 g/mol. The normalized spacial score (nSPS) is 11.5. The summed E-state index contributed by atoms with van der Waals surface area (Å²) < 4.78 is 39.9. The first-order valence-corrected chi connectivity index (χ1v) is 6.88. The topological polar surface area (TPSA) is 39.2 Å². The van der Waals surface area contributed by atoms with Crippen LogP contribution in [0.25, 0.3) is 0 Å². The summed E-state index contributed by atoms with van der Waals surface area (Å²) in [6.07, 6.45) is -4.59. The van der Waals surface area contributed by atoms with Gasteiger partial charge in [-0.05, 0) is 31.5 Å². The van der Waals surface area contributed by atoms with Crippen LogP contribution in [0.15, 0.2) is 24.3 Å². The maximum atomic E-state index is 12.1. The van der Waals surface area contributed by atoms with Gasteiger partial charge in [0, 0.05) is 6.42 Å². The van der Waals surface area contributed by atoms with Crippen molar-refractivity contribution in [3.05, 3.63) is 45.4 Å². The van der Waals surface area contributed by atoms with Crippen LogP contribution >= 0.6 is 11.3 Å². The molecule has 0 N–H and O–H groups in total. The fraction of sp³-hybridized carbons (Fsp3) is 0.286. The van der Waals surface area contributed by atoms with Gasteiger partial charge in [-0.3, -0.25) is 4.79 Å². The largest absolute Gasteiger partial charge is 0.573 e. The quantitative estimate of drug-likeness (QED) is 0.798. The number of benzene rings is 1. The van der Waals surface area contributed by atoms with Gasteiger partial charge in [-0.25, -0.2) is 4.98 Å². The van der Waals surface area contributed by atoms with Crippen molar-refractivity contribution in [3.8, 4) is 5.75 Å². The average molecular weight is 315 g/mol. The summed E-state index contributed by atoms with van der Waals surface area (Å²) in [4.78, 5) is 16.9. The van der Waals surface area contributed by atoms with Gasteiger partial charge < -0.3 is 4.74 Å². The van der Waals surface area contributed by atoms with Crippen LogP contribution in [0.5, 0.6) is 5.75 Å². The molecule has 7 heteroatoms. The summed E-state index contributed by atoms with van der Waals surface area (Å²) in [6, 6.07) is 5.28. The first-order valence-electron chi connectivity index (χ1n) is 6.06. The number of hydrogen-bond acceptors (Lipinski definition) is 4. The van der Waals surface area contributed by atoms with Gasteiger partial charge in [0.25, 0.3) is 0 Å². The molecule has 0 fully saturated rings. The number of ether oxygens (including phenoxy) is 1. The van der Waals surface area contributed by atoms with Gasteiger partial charge in [0.1, 0.15) is 5.75 Å². The minimum Gasteiger partial charge on any atom is -0.406 e. The van der Waals surface area contributed by atoms with Crippen molar-refractivity contribution >= 4 is 17.1 Å². The zero-order chi connectivity index (χ0) is 15.6.